The Bertz CT molecular complexity index is 325. The van der Waals surface area contributed by atoms with Crippen LogP contribution in [-0.4, -0.2) is 42.0 Å². The van der Waals surface area contributed by atoms with Gasteiger partial charge in [-0.05, 0) is 0 Å². The zero-order valence-electron chi connectivity index (χ0n) is 8.40. The number of amides is 1. The highest BCUT2D eigenvalue weighted by Gasteiger charge is 2.08. The predicted octanol–water partition coefficient (Wildman–Crippen LogP) is -0.275. The van der Waals surface area contributed by atoms with Gasteiger partial charge < -0.3 is 5.32 Å². The maximum atomic E-state index is 11.4. The number of aromatic nitrogens is 2. The molecule has 1 heterocycles. The molecule has 1 rings (SSSR count). The first-order valence-electron chi connectivity index (χ1n) is 4.11. The Kier molecular flexibility index (Phi) is 3.35. The number of hydrogen-bond donors (Lipinski definition) is 2. The smallest absolute Gasteiger partial charge is 0.285 e. The second-order valence-corrected chi connectivity index (χ2v) is 2.87. The van der Waals surface area contributed by atoms with Gasteiger partial charge in [0.2, 0.25) is 0 Å². The van der Waals surface area contributed by atoms with Crippen LogP contribution in [0.3, 0.4) is 0 Å². The number of carbonyl (C=O) groups is 1. The lowest BCUT2D eigenvalue weighted by atomic mass is 10.4. The first-order chi connectivity index (χ1) is 6.63. The van der Waals surface area contributed by atoms with E-state index >= 15 is 0 Å². The van der Waals surface area contributed by atoms with Crippen LogP contribution in [0, 0.1) is 0 Å². The third-order valence-corrected chi connectivity index (χ3v) is 1.45. The van der Waals surface area contributed by atoms with Gasteiger partial charge in [-0.25, -0.2) is 9.99 Å². The van der Waals surface area contributed by atoms with Crippen LogP contribution in [0.2, 0.25) is 0 Å². The van der Waals surface area contributed by atoms with Crippen molar-refractivity contribution < 1.29 is 4.79 Å². The van der Waals surface area contributed by atoms with Crippen molar-refractivity contribution in [1.29, 1.82) is 0 Å². The van der Waals surface area contributed by atoms with E-state index in [-0.39, 0.29) is 11.6 Å². The average molecular weight is 195 g/mol. The fraction of sp³-hybridized carbons (Fsp3) is 0.375. The fourth-order valence-corrected chi connectivity index (χ4v) is 0.856. The SMILES string of the molecule is CNc1cncc(C(=O)NN(C)C)n1. The van der Waals surface area contributed by atoms with E-state index in [1.807, 2.05) is 0 Å². The van der Waals surface area contributed by atoms with Crippen LogP contribution in [0.1, 0.15) is 10.5 Å². The third-order valence-electron chi connectivity index (χ3n) is 1.45. The van der Waals surface area contributed by atoms with E-state index in [2.05, 4.69) is 20.7 Å². The first-order valence-corrected chi connectivity index (χ1v) is 4.11. The van der Waals surface area contributed by atoms with E-state index < -0.39 is 0 Å². The molecule has 0 spiro atoms. The van der Waals surface area contributed by atoms with E-state index in [4.69, 9.17) is 0 Å². The van der Waals surface area contributed by atoms with E-state index in [1.165, 1.54) is 6.20 Å². The molecular weight excluding hydrogens is 182 g/mol. The van der Waals surface area contributed by atoms with E-state index in [9.17, 15) is 4.79 Å². The molecule has 0 unspecified atom stereocenters. The number of hydrazine groups is 1. The Morgan fingerprint density at radius 1 is 1.43 bits per heavy atom. The maximum absolute atomic E-state index is 11.4. The summed E-state index contributed by atoms with van der Waals surface area (Å²) in [5.74, 6) is 0.288. The van der Waals surface area contributed by atoms with Gasteiger partial charge in [0.05, 0.1) is 12.4 Å². The van der Waals surface area contributed by atoms with Crippen LogP contribution < -0.4 is 10.7 Å². The molecule has 1 aromatic heterocycles. The van der Waals surface area contributed by atoms with Gasteiger partial charge in [0, 0.05) is 21.1 Å². The quantitative estimate of drug-likeness (QED) is 0.649. The molecule has 0 radical (unpaired) electrons. The minimum absolute atomic E-state index is 0.278. The van der Waals surface area contributed by atoms with E-state index in [0.717, 1.165) is 0 Å². The fourth-order valence-electron chi connectivity index (χ4n) is 0.856. The second kappa shape index (κ2) is 4.52. The molecule has 1 aromatic rings. The van der Waals surface area contributed by atoms with Gasteiger partial charge in [-0.15, -0.1) is 0 Å². The van der Waals surface area contributed by atoms with Crippen molar-refractivity contribution >= 4 is 11.7 Å². The lowest BCUT2D eigenvalue weighted by Crippen LogP contribution is -2.36. The molecule has 0 saturated carbocycles. The first kappa shape index (κ1) is 10.4. The average Bonchev–Trinajstić information content (AvgIpc) is 2.17. The normalized spacial score (nSPS) is 10.0. The van der Waals surface area contributed by atoms with E-state index in [1.54, 1.807) is 32.3 Å². The van der Waals surface area contributed by atoms with Crippen molar-refractivity contribution in [3.05, 3.63) is 18.1 Å². The minimum Gasteiger partial charge on any atom is -0.372 e. The molecule has 0 atom stereocenters. The van der Waals surface area contributed by atoms with Gasteiger partial charge in [-0.2, -0.15) is 0 Å². The van der Waals surface area contributed by atoms with Gasteiger partial charge in [0.25, 0.3) is 5.91 Å². The summed E-state index contributed by atoms with van der Waals surface area (Å²) in [5.41, 5.74) is 2.86. The summed E-state index contributed by atoms with van der Waals surface area (Å²) >= 11 is 0. The van der Waals surface area contributed by atoms with Crippen LogP contribution in [-0.2, 0) is 0 Å². The molecular formula is C8H13N5O. The summed E-state index contributed by atoms with van der Waals surface area (Å²) < 4.78 is 0. The molecule has 0 aliphatic carbocycles. The van der Waals surface area contributed by atoms with E-state index in [0.29, 0.717) is 5.82 Å². The topological polar surface area (TPSA) is 70.2 Å². The van der Waals surface area contributed by atoms with Gasteiger partial charge in [0.15, 0.2) is 0 Å². The van der Waals surface area contributed by atoms with Crippen molar-refractivity contribution in [1.82, 2.24) is 20.4 Å². The monoisotopic (exact) mass is 195 g/mol. The summed E-state index contributed by atoms with van der Waals surface area (Å²) in [6, 6.07) is 0. The molecule has 6 nitrogen and oxygen atoms in total. The number of rotatable bonds is 3. The number of hydrogen-bond acceptors (Lipinski definition) is 5. The molecule has 0 bridgehead atoms. The Labute approximate surface area is 82.3 Å². The molecule has 0 aromatic carbocycles. The van der Waals surface area contributed by atoms with Gasteiger partial charge in [0.1, 0.15) is 11.5 Å². The summed E-state index contributed by atoms with van der Waals surface area (Å²) in [4.78, 5) is 19.4. The van der Waals surface area contributed by atoms with Crippen LogP contribution in [0.4, 0.5) is 5.82 Å². The van der Waals surface area contributed by atoms with Crippen LogP contribution >= 0.6 is 0 Å². The summed E-state index contributed by atoms with van der Waals surface area (Å²) in [6.45, 7) is 0. The maximum Gasteiger partial charge on any atom is 0.285 e. The minimum atomic E-state index is -0.278. The Morgan fingerprint density at radius 3 is 2.71 bits per heavy atom. The van der Waals surface area contributed by atoms with Crippen molar-refractivity contribution in [3.63, 3.8) is 0 Å². The largest absolute Gasteiger partial charge is 0.372 e. The summed E-state index contributed by atoms with van der Waals surface area (Å²) in [7, 11) is 5.18. The Hall–Kier alpha value is -1.69. The zero-order valence-corrected chi connectivity index (χ0v) is 8.40. The number of carbonyl (C=O) groups excluding carboxylic acids is 1. The highest BCUT2D eigenvalue weighted by molar-refractivity contribution is 5.91. The summed E-state index contributed by atoms with van der Waals surface area (Å²) in [5, 5.41) is 4.36. The molecule has 2 N–H and O–H groups in total. The molecule has 0 saturated heterocycles. The molecule has 0 aliphatic heterocycles. The second-order valence-electron chi connectivity index (χ2n) is 2.87. The third kappa shape index (κ3) is 2.67. The lowest BCUT2D eigenvalue weighted by molar-refractivity contribution is 0.0851. The molecule has 0 aliphatic rings. The van der Waals surface area contributed by atoms with Crippen molar-refractivity contribution in [3.8, 4) is 0 Å². The number of nitrogens with one attached hydrogen (secondary N) is 2. The number of anilines is 1. The van der Waals surface area contributed by atoms with Crippen molar-refractivity contribution in [2.45, 2.75) is 0 Å². The molecule has 76 valence electrons. The van der Waals surface area contributed by atoms with Crippen LogP contribution in [0.25, 0.3) is 0 Å². The van der Waals surface area contributed by atoms with Gasteiger partial charge in [-0.3, -0.25) is 15.2 Å². The van der Waals surface area contributed by atoms with Gasteiger partial charge in [-0.1, -0.05) is 0 Å². The zero-order chi connectivity index (χ0) is 10.6. The molecule has 1 amide bonds. The highest BCUT2D eigenvalue weighted by atomic mass is 16.2. The molecule has 0 fully saturated rings. The van der Waals surface area contributed by atoms with Gasteiger partial charge >= 0.3 is 0 Å². The summed E-state index contributed by atoms with van der Waals surface area (Å²) in [6.07, 6.45) is 2.96. The number of nitrogens with zero attached hydrogens (tertiary/aromatic N) is 3. The predicted molar refractivity (Wildman–Crippen MR) is 52.7 cm³/mol. The van der Waals surface area contributed by atoms with Crippen LogP contribution in [0.15, 0.2) is 12.4 Å². The Balaban J connectivity index is 2.79. The lowest BCUT2D eigenvalue weighted by Gasteiger charge is -2.11. The highest BCUT2D eigenvalue weighted by Crippen LogP contribution is 2.00. The van der Waals surface area contributed by atoms with Crippen molar-refractivity contribution in [2.24, 2.45) is 0 Å². The Morgan fingerprint density at radius 2 is 2.14 bits per heavy atom. The molecule has 6 heteroatoms. The standard InChI is InChI=1S/C8H13N5O/c1-9-7-5-10-4-6(11-7)8(14)12-13(2)3/h4-5H,1-3H3,(H,9,11)(H,12,14). The van der Waals surface area contributed by atoms with Crippen LogP contribution in [0.5, 0.6) is 0 Å². The molecule has 14 heavy (non-hydrogen) atoms. The van der Waals surface area contributed by atoms with Crippen molar-refractivity contribution in [2.75, 3.05) is 26.5 Å².